The third-order valence-electron chi connectivity index (χ3n) is 6.56. The van der Waals surface area contributed by atoms with Gasteiger partial charge >= 0.3 is 12.1 Å². The van der Waals surface area contributed by atoms with Gasteiger partial charge in [0, 0.05) is 12.0 Å². The number of nitrogens with two attached hydrogens (primary N) is 1. The van der Waals surface area contributed by atoms with Gasteiger partial charge in [0.1, 0.15) is 17.5 Å². The minimum atomic E-state index is -1.12. The minimum absolute atomic E-state index is 0.0806. The van der Waals surface area contributed by atoms with E-state index in [4.69, 9.17) is 15.9 Å². The van der Waals surface area contributed by atoms with E-state index < -0.39 is 23.7 Å². The fourth-order valence-corrected chi connectivity index (χ4v) is 5.83. The van der Waals surface area contributed by atoms with Crippen LogP contribution in [-0.2, 0) is 16.0 Å². The number of hydrogen-bond acceptors (Lipinski definition) is 4. The largest absolute Gasteiger partial charge is 0.480 e. The normalized spacial score (nSPS) is 31.2. The summed E-state index contributed by atoms with van der Waals surface area (Å²) in [5.41, 5.74) is 6.31. The lowest BCUT2D eigenvalue weighted by molar-refractivity contribution is -0.141. The Morgan fingerprint density at radius 2 is 1.82 bits per heavy atom. The lowest BCUT2D eigenvalue weighted by atomic mass is 9.54. The monoisotopic (exact) mass is 385 g/mol. The maximum Gasteiger partial charge on any atom is 0.408 e. The van der Waals surface area contributed by atoms with Gasteiger partial charge in [-0.2, -0.15) is 0 Å². The molecule has 0 spiro atoms. The fourth-order valence-electron chi connectivity index (χ4n) is 5.83. The van der Waals surface area contributed by atoms with Crippen molar-refractivity contribution in [3.63, 3.8) is 0 Å². The van der Waals surface area contributed by atoms with Gasteiger partial charge in [0.05, 0.1) is 0 Å². The molecule has 1 atom stereocenters. The Labute approximate surface area is 164 Å². The Balaban J connectivity index is 1.41. The number of nitrogens with one attached hydrogen (secondary N) is 2. The number of amidine groups is 1. The number of hydrogen-bond donors (Lipinski definition) is 4. The highest BCUT2D eigenvalue weighted by Crippen LogP contribution is 2.57. The van der Waals surface area contributed by atoms with Crippen molar-refractivity contribution in [3.05, 3.63) is 35.4 Å². The van der Waals surface area contributed by atoms with E-state index in [1.807, 2.05) is 0 Å². The van der Waals surface area contributed by atoms with Crippen LogP contribution in [0.1, 0.15) is 49.7 Å². The van der Waals surface area contributed by atoms with Crippen LogP contribution in [0.3, 0.4) is 0 Å². The molecule has 28 heavy (non-hydrogen) atoms. The first-order chi connectivity index (χ1) is 13.3. The average molecular weight is 385 g/mol. The summed E-state index contributed by atoms with van der Waals surface area (Å²) in [5, 5.41) is 19.6. The summed E-state index contributed by atoms with van der Waals surface area (Å²) in [6.07, 6.45) is 5.92. The molecule has 7 nitrogen and oxygen atoms in total. The Morgan fingerprint density at radius 1 is 1.21 bits per heavy atom. The molecule has 0 radical (unpaired) electrons. The molecule has 4 fully saturated rings. The number of ether oxygens (including phenoxy) is 1. The summed E-state index contributed by atoms with van der Waals surface area (Å²) in [6, 6.07) is 5.75. The molecule has 1 aromatic carbocycles. The zero-order valence-electron chi connectivity index (χ0n) is 15.8. The maximum absolute atomic E-state index is 12.6. The van der Waals surface area contributed by atoms with Crippen molar-refractivity contribution in [3.8, 4) is 0 Å². The molecular formula is C21H27N3O4. The van der Waals surface area contributed by atoms with Crippen LogP contribution in [0.25, 0.3) is 0 Å². The number of carbonyl (C=O) groups excluding carboxylic acids is 1. The number of amides is 1. The van der Waals surface area contributed by atoms with E-state index in [1.165, 1.54) is 19.3 Å². The second-order valence-electron chi connectivity index (χ2n) is 8.84. The Bertz CT molecular complexity index is 771. The number of alkyl carbamates (subject to hydrolysis) is 1. The standard InChI is InChI=1S/C21H27N3O4/c22-18(23)16-3-1-2-12(7-16)8-17(19(25)26)24-20(27)28-21-9-13-4-14(10-21)6-15(5-13)11-21/h1-3,7,13-15,17H,4-6,8-11H2,(H3,22,23)(H,24,27)(H,25,26). The Morgan fingerprint density at radius 3 is 2.36 bits per heavy atom. The number of benzene rings is 1. The first-order valence-corrected chi connectivity index (χ1v) is 9.97. The highest BCUT2D eigenvalue weighted by Gasteiger charge is 2.53. The molecule has 4 bridgehead atoms. The van der Waals surface area contributed by atoms with E-state index in [-0.39, 0.29) is 12.3 Å². The molecule has 0 aliphatic heterocycles. The second kappa shape index (κ2) is 7.11. The van der Waals surface area contributed by atoms with Gasteiger partial charge in [-0.3, -0.25) is 5.41 Å². The van der Waals surface area contributed by atoms with Crippen molar-refractivity contribution in [1.29, 1.82) is 5.41 Å². The molecule has 0 heterocycles. The number of nitrogen functional groups attached to an aromatic ring is 1. The van der Waals surface area contributed by atoms with Crippen LogP contribution in [-0.4, -0.2) is 34.6 Å². The van der Waals surface area contributed by atoms with Crippen LogP contribution in [0.4, 0.5) is 4.79 Å². The predicted octanol–water partition coefficient (Wildman–Crippen LogP) is 2.66. The van der Waals surface area contributed by atoms with Crippen molar-refractivity contribution in [1.82, 2.24) is 5.32 Å². The van der Waals surface area contributed by atoms with E-state index in [2.05, 4.69) is 5.32 Å². The second-order valence-corrected chi connectivity index (χ2v) is 8.84. The van der Waals surface area contributed by atoms with Gasteiger partial charge in [0.15, 0.2) is 0 Å². The number of aliphatic carboxylic acids is 1. The van der Waals surface area contributed by atoms with Gasteiger partial charge in [-0.15, -0.1) is 0 Å². The fraction of sp³-hybridized carbons (Fsp3) is 0.571. The third kappa shape index (κ3) is 3.84. The molecule has 0 saturated heterocycles. The summed E-state index contributed by atoms with van der Waals surface area (Å²) < 4.78 is 5.86. The summed E-state index contributed by atoms with van der Waals surface area (Å²) in [6.45, 7) is 0. The van der Waals surface area contributed by atoms with Crippen molar-refractivity contribution < 1.29 is 19.4 Å². The Kier molecular flexibility index (Phi) is 4.77. The highest BCUT2D eigenvalue weighted by molar-refractivity contribution is 5.95. The minimum Gasteiger partial charge on any atom is -0.480 e. The number of carboxylic acid groups (broad SMARTS) is 1. The summed E-state index contributed by atoms with van der Waals surface area (Å²) >= 11 is 0. The van der Waals surface area contributed by atoms with Crippen LogP contribution in [0.15, 0.2) is 24.3 Å². The molecule has 4 saturated carbocycles. The molecule has 5 N–H and O–H groups in total. The first-order valence-electron chi connectivity index (χ1n) is 9.97. The molecule has 7 heteroatoms. The van der Waals surface area contributed by atoms with Gasteiger partial charge in [-0.1, -0.05) is 18.2 Å². The number of rotatable bonds is 6. The smallest absolute Gasteiger partial charge is 0.408 e. The average Bonchev–Trinajstić information content (AvgIpc) is 2.59. The van der Waals surface area contributed by atoms with Gasteiger partial charge < -0.3 is 20.9 Å². The third-order valence-corrected chi connectivity index (χ3v) is 6.56. The number of carbonyl (C=O) groups is 2. The zero-order valence-corrected chi connectivity index (χ0v) is 15.8. The number of carboxylic acids is 1. The lowest BCUT2D eigenvalue weighted by Crippen LogP contribution is -2.55. The zero-order chi connectivity index (χ0) is 19.9. The Hall–Kier alpha value is -2.57. The molecule has 4 aliphatic rings. The van der Waals surface area contributed by atoms with Crippen LogP contribution < -0.4 is 11.1 Å². The summed E-state index contributed by atoms with van der Waals surface area (Å²) in [7, 11) is 0. The van der Waals surface area contributed by atoms with Crippen LogP contribution >= 0.6 is 0 Å². The van der Waals surface area contributed by atoms with E-state index in [0.717, 1.165) is 19.3 Å². The molecule has 1 amide bonds. The molecule has 150 valence electrons. The summed E-state index contributed by atoms with van der Waals surface area (Å²) in [5.74, 6) is 0.731. The van der Waals surface area contributed by atoms with E-state index in [0.29, 0.717) is 28.9 Å². The van der Waals surface area contributed by atoms with Crippen molar-refractivity contribution in [2.45, 2.75) is 56.6 Å². The quantitative estimate of drug-likeness (QED) is 0.442. The topological polar surface area (TPSA) is 126 Å². The SMILES string of the molecule is N=C(N)c1cccc(CC(NC(=O)OC23CC4CC(CC(C4)C2)C3)C(=O)O)c1. The molecule has 0 aromatic heterocycles. The van der Waals surface area contributed by atoms with Gasteiger partial charge in [-0.25, -0.2) is 9.59 Å². The molecule has 4 aliphatic carbocycles. The van der Waals surface area contributed by atoms with Gasteiger partial charge in [0.2, 0.25) is 0 Å². The first kappa shape index (κ1) is 18.8. The molecule has 1 unspecified atom stereocenters. The van der Waals surface area contributed by atoms with Crippen molar-refractivity contribution in [2.75, 3.05) is 0 Å². The van der Waals surface area contributed by atoms with Gasteiger partial charge in [0.25, 0.3) is 0 Å². The van der Waals surface area contributed by atoms with Crippen molar-refractivity contribution >= 4 is 17.9 Å². The molecule has 5 rings (SSSR count). The molecular weight excluding hydrogens is 358 g/mol. The van der Waals surface area contributed by atoms with E-state index in [1.54, 1.807) is 24.3 Å². The van der Waals surface area contributed by atoms with Crippen LogP contribution in [0.2, 0.25) is 0 Å². The van der Waals surface area contributed by atoms with Crippen molar-refractivity contribution in [2.24, 2.45) is 23.5 Å². The predicted molar refractivity (Wildman–Crippen MR) is 103 cm³/mol. The van der Waals surface area contributed by atoms with Crippen LogP contribution in [0, 0.1) is 23.2 Å². The summed E-state index contributed by atoms with van der Waals surface area (Å²) in [4.78, 5) is 24.2. The van der Waals surface area contributed by atoms with Gasteiger partial charge in [-0.05, 0) is 67.9 Å². The van der Waals surface area contributed by atoms with E-state index in [9.17, 15) is 14.7 Å². The molecule has 1 aromatic rings. The van der Waals surface area contributed by atoms with Crippen LogP contribution in [0.5, 0.6) is 0 Å². The van der Waals surface area contributed by atoms with E-state index >= 15 is 0 Å². The highest BCUT2D eigenvalue weighted by atomic mass is 16.6. The maximum atomic E-state index is 12.6. The lowest BCUT2D eigenvalue weighted by Gasteiger charge is -2.55.